The molecule has 21 heavy (non-hydrogen) atoms. The molecule has 1 fully saturated rings. The van der Waals surface area contributed by atoms with Crippen molar-refractivity contribution in [1.29, 1.82) is 5.41 Å². The van der Waals surface area contributed by atoms with Gasteiger partial charge < -0.3 is 10.6 Å². The van der Waals surface area contributed by atoms with Crippen LogP contribution in [0.1, 0.15) is 57.1 Å². The van der Waals surface area contributed by atoms with E-state index in [2.05, 4.69) is 37.8 Å². The van der Waals surface area contributed by atoms with Crippen LogP contribution in [0.4, 0.5) is 5.69 Å². The highest BCUT2D eigenvalue weighted by atomic mass is 15.2. The van der Waals surface area contributed by atoms with E-state index in [4.69, 9.17) is 11.1 Å². The average Bonchev–Trinajstić information content (AvgIpc) is 2.92. The molecule has 0 bridgehead atoms. The maximum absolute atomic E-state index is 7.62. The molecule has 0 radical (unpaired) electrons. The monoisotopic (exact) mass is 287 g/mol. The summed E-state index contributed by atoms with van der Waals surface area (Å²) in [6.07, 6.45) is 6.56. The van der Waals surface area contributed by atoms with Crippen molar-refractivity contribution in [1.82, 2.24) is 0 Å². The quantitative estimate of drug-likeness (QED) is 0.612. The predicted molar refractivity (Wildman–Crippen MR) is 91.3 cm³/mol. The van der Waals surface area contributed by atoms with Crippen molar-refractivity contribution >= 4 is 11.5 Å². The van der Waals surface area contributed by atoms with E-state index in [1.54, 1.807) is 0 Å². The highest BCUT2D eigenvalue weighted by Gasteiger charge is 2.23. The first-order valence-electron chi connectivity index (χ1n) is 8.20. The van der Waals surface area contributed by atoms with E-state index < -0.39 is 0 Å². The molecular weight excluding hydrogens is 258 g/mol. The third-order valence-corrected chi connectivity index (χ3v) is 4.54. The van der Waals surface area contributed by atoms with Gasteiger partial charge in [0, 0.05) is 23.8 Å². The predicted octanol–water partition coefficient (Wildman–Crippen LogP) is 4.07. The molecule has 2 rings (SSSR count). The van der Waals surface area contributed by atoms with Gasteiger partial charge in [-0.1, -0.05) is 26.7 Å². The lowest BCUT2D eigenvalue weighted by atomic mass is 10.0. The standard InChI is InChI=1S/C18H29N3/c1-13(2)10-11-21(15-6-4-5-7-15)16-8-9-17(18(19)20)14(3)12-16/h8-9,12-13,15H,4-7,10-11H2,1-3H3,(H3,19,20). The summed E-state index contributed by atoms with van der Waals surface area (Å²) in [7, 11) is 0. The Kier molecular flexibility index (Phi) is 5.27. The Bertz CT molecular complexity index is 487. The van der Waals surface area contributed by atoms with Gasteiger partial charge in [-0.05, 0) is 55.9 Å². The molecule has 0 heterocycles. The van der Waals surface area contributed by atoms with Crippen LogP contribution in [0, 0.1) is 18.3 Å². The van der Waals surface area contributed by atoms with Gasteiger partial charge in [0.1, 0.15) is 5.84 Å². The van der Waals surface area contributed by atoms with Crippen molar-refractivity contribution in [2.75, 3.05) is 11.4 Å². The highest BCUT2D eigenvalue weighted by Crippen LogP contribution is 2.30. The van der Waals surface area contributed by atoms with Crippen LogP contribution in [-0.2, 0) is 0 Å². The third-order valence-electron chi connectivity index (χ3n) is 4.54. The molecule has 1 aromatic carbocycles. The number of rotatable bonds is 6. The molecule has 1 aliphatic carbocycles. The number of amidine groups is 1. The Balaban J connectivity index is 2.22. The van der Waals surface area contributed by atoms with Crippen molar-refractivity contribution in [2.45, 2.75) is 58.9 Å². The number of anilines is 1. The van der Waals surface area contributed by atoms with Gasteiger partial charge >= 0.3 is 0 Å². The smallest absolute Gasteiger partial charge is 0.123 e. The van der Waals surface area contributed by atoms with E-state index in [0.717, 1.165) is 23.6 Å². The molecule has 0 saturated heterocycles. The fourth-order valence-corrected chi connectivity index (χ4v) is 3.26. The largest absolute Gasteiger partial charge is 0.384 e. The van der Waals surface area contributed by atoms with Crippen LogP contribution in [0.3, 0.4) is 0 Å². The lowest BCUT2D eigenvalue weighted by Gasteiger charge is -2.32. The van der Waals surface area contributed by atoms with Crippen LogP contribution >= 0.6 is 0 Å². The zero-order valence-electron chi connectivity index (χ0n) is 13.7. The van der Waals surface area contributed by atoms with Gasteiger partial charge in [-0.15, -0.1) is 0 Å². The van der Waals surface area contributed by atoms with Gasteiger partial charge in [0.15, 0.2) is 0 Å². The molecule has 0 unspecified atom stereocenters. The summed E-state index contributed by atoms with van der Waals surface area (Å²) in [5, 5.41) is 7.62. The van der Waals surface area contributed by atoms with E-state index in [-0.39, 0.29) is 5.84 Å². The molecule has 0 aromatic heterocycles. The molecule has 1 aliphatic rings. The van der Waals surface area contributed by atoms with Crippen LogP contribution in [0.25, 0.3) is 0 Å². The van der Waals surface area contributed by atoms with Gasteiger partial charge in [0.05, 0.1) is 0 Å². The number of aryl methyl sites for hydroxylation is 1. The molecule has 1 aromatic rings. The van der Waals surface area contributed by atoms with Crippen molar-refractivity contribution in [3.8, 4) is 0 Å². The summed E-state index contributed by atoms with van der Waals surface area (Å²) in [4.78, 5) is 2.59. The second-order valence-corrected chi connectivity index (χ2v) is 6.73. The van der Waals surface area contributed by atoms with Crippen molar-refractivity contribution in [2.24, 2.45) is 11.7 Å². The topological polar surface area (TPSA) is 53.1 Å². The Morgan fingerprint density at radius 3 is 2.52 bits per heavy atom. The van der Waals surface area contributed by atoms with Crippen LogP contribution in [0.15, 0.2) is 18.2 Å². The highest BCUT2D eigenvalue weighted by molar-refractivity contribution is 5.96. The summed E-state index contributed by atoms with van der Waals surface area (Å²) < 4.78 is 0. The Morgan fingerprint density at radius 1 is 1.33 bits per heavy atom. The van der Waals surface area contributed by atoms with Crippen molar-refractivity contribution in [3.63, 3.8) is 0 Å². The summed E-state index contributed by atoms with van der Waals surface area (Å²) in [6, 6.07) is 7.04. The van der Waals surface area contributed by atoms with Gasteiger partial charge in [0.25, 0.3) is 0 Å². The first-order chi connectivity index (χ1) is 9.99. The van der Waals surface area contributed by atoms with Crippen LogP contribution in [0.5, 0.6) is 0 Å². The fraction of sp³-hybridized carbons (Fsp3) is 0.611. The maximum atomic E-state index is 7.62. The second kappa shape index (κ2) is 6.97. The average molecular weight is 287 g/mol. The minimum Gasteiger partial charge on any atom is -0.384 e. The molecule has 3 N–H and O–H groups in total. The Morgan fingerprint density at radius 2 is 2.00 bits per heavy atom. The van der Waals surface area contributed by atoms with E-state index in [0.29, 0.717) is 6.04 Å². The van der Waals surface area contributed by atoms with Crippen molar-refractivity contribution in [3.05, 3.63) is 29.3 Å². The number of nitrogens with one attached hydrogen (secondary N) is 1. The fourth-order valence-electron chi connectivity index (χ4n) is 3.26. The van der Waals surface area contributed by atoms with Crippen LogP contribution < -0.4 is 10.6 Å². The number of nitrogens with two attached hydrogens (primary N) is 1. The second-order valence-electron chi connectivity index (χ2n) is 6.73. The molecule has 3 heteroatoms. The molecule has 0 amide bonds. The molecule has 3 nitrogen and oxygen atoms in total. The lowest BCUT2D eigenvalue weighted by molar-refractivity contribution is 0.528. The number of nitrogen functional groups attached to an aromatic ring is 1. The number of nitrogens with zero attached hydrogens (tertiary/aromatic N) is 1. The van der Waals surface area contributed by atoms with Gasteiger partial charge in [-0.3, -0.25) is 5.41 Å². The SMILES string of the molecule is Cc1cc(N(CCC(C)C)C2CCCC2)ccc1C(=N)N. The summed E-state index contributed by atoms with van der Waals surface area (Å²) in [5.74, 6) is 0.889. The van der Waals surface area contributed by atoms with Crippen LogP contribution in [0.2, 0.25) is 0 Å². The molecule has 1 saturated carbocycles. The normalized spacial score (nSPS) is 15.6. The zero-order valence-corrected chi connectivity index (χ0v) is 13.7. The Hall–Kier alpha value is -1.51. The Labute approximate surface area is 129 Å². The summed E-state index contributed by atoms with van der Waals surface area (Å²) >= 11 is 0. The van der Waals surface area contributed by atoms with E-state index in [9.17, 15) is 0 Å². The maximum Gasteiger partial charge on any atom is 0.123 e. The van der Waals surface area contributed by atoms with Gasteiger partial charge in [-0.25, -0.2) is 0 Å². The summed E-state index contributed by atoms with van der Waals surface area (Å²) in [5.41, 5.74) is 8.89. The van der Waals surface area contributed by atoms with Gasteiger partial charge in [-0.2, -0.15) is 0 Å². The van der Waals surface area contributed by atoms with Crippen LogP contribution in [-0.4, -0.2) is 18.4 Å². The first kappa shape index (κ1) is 15.9. The minimum atomic E-state index is 0.161. The number of benzene rings is 1. The zero-order chi connectivity index (χ0) is 15.4. The van der Waals surface area contributed by atoms with Crippen molar-refractivity contribution < 1.29 is 0 Å². The van der Waals surface area contributed by atoms with E-state index >= 15 is 0 Å². The molecule has 0 aliphatic heterocycles. The van der Waals surface area contributed by atoms with E-state index in [1.165, 1.54) is 37.8 Å². The first-order valence-corrected chi connectivity index (χ1v) is 8.20. The molecular formula is C18H29N3. The molecule has 116 valence electrons. The molecule has 0 atom stereocenters. The van der Waals surface area contributed by atoms with Gasteiger partial charge in [0.2, 0.25) is 0 Å². The number of hydrogen-bond donors (Lipinski definition) is 2. The minimum absolute atomic E-state index is 0.161. The number of hydrogen-bond acceptors (Lipinski definition) is 2. The van der Waals surface area contributed by atoms with E-state index in [1.807, 2.05) is 6.07 Å². The third kappa shape index (κ3) is 3.99. The summed E-state index contributed by atoms with van der Waals surface area (Å²) in [6.45, 7) is 7.75. The lowest BCUT2D eigenvalue weighted by Crippen LogP contribution is -2.34. The molecule has 0 spiro atoms.